The Hall–Kier alpha value is -1.70. The number of hydrogen-bond donors (Lipinski definition) is 3. The van der Waals surface area contributed by atoms with Gasteiger partial charge in [-0.05, 0) is 24.5 Å². The van der Waals surface area contributed by atoms with Crippen molar-refractivity contribution in [2.24, 2.45) is 0 Å². The molecule has 0 saturated heterocycles. The molecule has 3 N–H and O–H groups in total. The van der Waals surface area contributed by atoms with Gasteiger partial charge >= 0.3 is 5.69 Å². The molecule has 0 radical (unpaired) electrons. The van der Waals surface area contributed by atoms with Crippen LogP contribution in [0.3, 0.4) is 0 Å². The van der Waals surface area contributed by atoms with E-state index in [0.29, 0.717) is 12.6 Å². The molecule has 1 atom stereocenters. The average Bonchev–Trinajstić information content (AvgIpc) is 3.26. The van der Waals surface area contributed by atoms with E-state index < -0.39 is 17.6 Å². The Kier molecular flexibility index (Phi) is 4.89. The minimum absolute atomic E-state index is 0.0951. The van der Waals surface area contributed by atoms with Crippen molar-refractivity contribution in [1.82, 2.24) is 5.32 Å². The van der Waals surface area contributed by atoms with E-state index in [2.05, 4.69) is 5.32 Å². The van der Waals surface area contributed by atoms with Crippen LogP contribution >= 0.6 is 0 Å². The van der Waals surface area contributed by atoms with Crippen molar-refractivity contribution in [3.05, 3.63) is 33.9 Å². The van der Waals surface area contributed by atoms with Crippen molar-refractivity contribution in [3.8, 4) is 5.75 Å². The van der Waals surface area contributed by atoms with Crippen LogP contribution in [0, 0.1) is 10.1 Å². The molecule has 1 fully saturated rings. The molecule has 0 spiro atoms. The summed E-state index contributed by atoms with van der Waals surface area (Å²) in [5, 5.41) is 32.2. The maximum absolute atomic E-state index is 11.0. The molecule has 0 aliphatic heterocycles. The fourth-order valence-corrected chi connectivity index (χ4v) is 1.73. The van der Waals surface area contributed by atoms with E-state index in [1.807, 2.05) is 0 Å². The molecule has 0 aromatic heterocycles. The molecule has 1 aliphatic carbocycles. The number of aliphatic hydroxyl groups is 2. The summed E-state index contributed by atoms with van der Waals surface area (Å²) >= 11 is 0. The van der Waals surface area contributed by atoms with E-state index in [4.69, 9.17) is 9.84 Å². The fourth-order valence-electron chi connectivity index (χ4n) is 1.73. The summed E-state index contributed by atoms with van der Waals surface area (Å²) in [6.07, 6.45) is 1.26. The number of nitro groups is 1. The van der Waals surface area contributed by atoms with Gasteiger partial charge in [0.25, 0.3) is 0 Å². The van der Waals surface area contributed by atoms with Crippen molar-refractivity contribution >= 4 is 5.69 Å². The summed E-state index contributed by atoms with van der Waals surface area (Å²) in [5.74, 6) is 0.0951. The largest absolute Gasteiger partial charge is 0.484 e. The fraction of sp³-hybridized carbons (Fsp3) is 0.538. The number of nitro benzene ring substituents is 1. The van der Waals surface area contributed by atoms with Crippen LogP contribution in [0.25, 0.3) is 0 Å². The van der Waals surface area contributed by atoms with Crippen LogP contribution in [0.4, 0.5) is 5.69 Å². The molecule has 0 heterocycles. The van der Waals surface area contributed by atoms with E-state index in [9.17, 15) is 15.2 Å². The number of nitrogens with one attached hydrogen (secondary N) is 1. The monoisotopic (exact) mass is 282 g/mol. The minimum Gasteiger partial charge on any atom is -0.484 e. The summed E-state index contributed by atoms with van der Waals surface area (Å²) in [5.41, 5.74) is 0.684. The minimum atomic E-state index is -1.05. The standard InChI is InChI=1S/C13H18N2O5/c16-7-11(17)8-20-13-4-1-9(5-12(13)15(18)19)6-14-10-2-3-10/h1,4-5,10-11,14,16-17H,2-3,6-8H2. The van der Waals surface area contributed by atoms with Crippen LogP contribution in [0.2, 0.25) is 0 Å². The SMILES string of the molecule is O=[N+]([O-])c1cc(CNC2CC2)ccc1OCC(O)CO. The highest BCUT2D eigenvalue weighted by Gasteiger charge is 2.21. The predicted molar refractivity (Wildman–Crippen MR) is 71.5 cm³/mol. The van der Waals surface area contributed by atoms with Gasteiger partial charge in [-0.15, -0.1) is 0 Å². The number of benzene rings is 1. The van der Waals surface area contributed by atoms with Crippen molar-refractivity contribution in [3.63, 3.8) is 0 Å². The predicted octanol–water partition coefficient (Wildman–Crippen LogP) is 0.579. The zero-order valence-corrected chi connectivity index (χ0v) is 11.0. The van der Waals surface area contributed by atoms with Gasteiger partial charge in [0, 0.05) is 18.7 Å². The van der Waals surface area contributed by atoms with Gasteiger partial charge in [0.15, 0.2) is 5.75 Å². The lowest BCUT2D eigenvalue weighted by atomic mass is 10.2. The first-order valence-corrected chi connectivity index (χ1v) is 6.52. The Morgan fingerprint density at radius 2 is 2.25 bits per heavy atom. The van der Waals surface area contributed by atoms with E-state index in [1.165, 1.54) is 12.1 Å². The zero-order valence-electron chi connectivity index (χ0n) is 11.0. The second kappa shape index (κ2) is 6.65. The highest BCUT2D eigenvalue weighted by molar-refractivity contribution is 5.48. The molecule has 0 bridgehead atoms. The summed E-state index contributed by atoms with van der Waals surface area (Å²) in [4.78, 5) is 10.5. The van der Waals surface area contributed by atoms with Crippen molar-refractivity contribution < 1.29 is 19.9 Å². The van der Waals surface area contributed by atoms with Crippen LogP contribution in [-0.2, 0) is 6.54 Å². The lowest BCUT2D eigenvalue weighted by Crippen LogP contribution is -2.21. The summed E-state index contributed by atoms with van der Waals surface area (Å²) < 4.78 is 5.17. The highest BCUT2D eigenvalue weighted by atomic mass is 16.6. The van der Waals surface area contributed by atoms with Gasteiger partial charge in [-0.1, -0.05) is 6.07 Å². The highest BCUT2D eigenvalue weighted by Crippen LogP contribution is 2.28. The molecule has 20 heavy (non-hydrogen) atoms. The van der Waals surface area contributed by atoms with Crippen LogP contribution in [0.5, 0.6) is 5.75 Å². The van der Waals surface area contributed by atoms with Gasteiger partial charge in [-0.25, -0.2) is 0 Å². The first kappa shape index (κ1) is 14.7. The van der Waals surface area contributed by atoms with E-state index in [-0.39, 0.29) is 18.0 Å². The quantitative estimate of drug-likeness (QED) is 0.476. The van der Waals surface area contributed by atoms with E-state index in [0.717, 1.165) is 18.4 Å². The smallest absolute Gasteiger partial charge is 0.311 e. The molecular weight excluding hydrogens is 264 g/mol. The van der Waals surface area contributed by atoms with Crippen LogP contribution in [0.1, 0.15) is 18.4 Å². The van der Waals surface area contributed by atoms with E-state index in [1.54, 1.807) is 6.07 Å². The Balaban J connectivity index is 2.03. The molecular formula is C13H18N2O5. The van der Waals surface area contributed by atoms with Gasteiger partial charge in [0.05, 0.1) is 11.5 Å². The molecule has 1 aliphatic rings. The van der Waals surface area contributed by atoms with Crippen LogP contribution in [-0.4, -0.2) is 40.5 Å². The molecule has 110 valence electrons. The maximum atomic E-state index is 11.0. The number of hydrogen-bond acceptors (Lipinski definition) is 6. The van der Waals surface area contributed by atoms with Gasteiger partial charge in [0.2, 0.25) is 0 Å². The maximum Gasteiger partial charge on any atom is 0.311 e. The van der Waals surface area contributed by atoms with Crippen molar-refractivity contribution in [1.29, 1.82) is 0 Å². The molecule has 1 saturated carbocycles. The second-order valence-electron chi connectivity index (χ2n) is 4.86. The number of nitrogens with zero attached hydrogens (tertiary/aromatic N) is 1. The third-order valence-electron chi connectivity index (χ3n) is 3.03. The first-order chi connectivity index (χ1) is 9.60. The summed E-state index contributed by atoms with van der Waals surface area (Å²) in [7, 11) is 0. The van der Waals surface area contributed by atoms with Crippen LogP contribution < -0.4 is 10.1 Å². The van der Waals surface area contributed by atoms with Gasteiger partial charge in [-0.3, -0.25) is 10.1 Å². The summed E-state index contributed by atoms with van der Waals surface area (Å²) in [6, 6.07) is 5.27. The molecule has 7 nitrogen and oxygen atoms in total. The molecule has 1 unspecified atom stereocenters. The lowest BCUT2D eigenvalue weighted by molar-refractivity contribution is -0.386. The molecule has 7 heteroatoms. The first-order valence-electron chi connectivity index (χ1n) is 6.52. The molecule has 2 rings (SSSR count). The van der Waals surface area contributed by atoms with Crippen LogP contribution in [0.15, 0.2) is 18.2 Å². The van der Waals surface area contributed by atoms with Gasteiger partial charge < -0.3 is 20.3 Å². The molecule has 0 amide bonds. The molecule has 1 aromatic rings. The topological polar surface area (TPSA) is 105 Å². The Labute approximate surface area is 116 Å². The second-order valence-corrected chi connectivity index (χ2v) is 4.86. The number of aliphatic hydroxyl groups excluding tert-OH is 2. The normalized spacial score (nSPS) is 15.9. The Bertz CT molecular complexity index is 476. The molecule has 1 aromatic carbocycles. The number of rotatable bonds is 8. The lowest BCUT2D eigenvalue weighted by Gasteiger charge is -2.11. The van der Waals surface area contributed by atoms with Gasteiger partial charge in [0.1, 0.15) is 12.7 Å². The van der Waals surface area contributed by atoms with E-state index >= 15 is 0 Å². The van der Waals surface area contributed by atoms with Gasteiger partial charge in [-0.2, -0.15) is 0 Å². The van der Waals surface area contributed by atoms with Crippen molar-refractivity contribution in [2.45, 2.75) is 31.5 Å². The zero-order chi connectivity index (χ0) is 14.5. The third-order valence-corrected chi connectivity index (χ3v) is 3.03. The Morgan fingerprint density at radius 1 is 1.50 bits per heavy atom. The van der Waals surface area contributed by atoms with Crippen molar-refractivity contribution in [2.75, 3.05) is 13.2 Å². The average molecular weight is 282 g/mol. The number of ether oxygens (including phenoxy) is 1. The Morgan fingerprint density at radius 3 is 2.85 bits per heavy atom. The summed E-state index contributed by atoms with van der Waals surface area (Å²) in [6.45, 7) is -0.0424. The third kappa shape index (κ3) is 4.16.